The molecule has 1 aliphatic heterocycles. The SMILES string of the molecule is CC(C)[C@H](NC(=O)OC(C)(C)C)C(=O)N1C(c2ccccc2)SC[C@H]1C(=O)O. The summed E-state index contributed by atoms with van der Waals surface area (Å²) < 4.78 is 5.27. The van der Waals surface area contributed by atoms with Gasteiger partial charge in [-0.1, -0.05) is 44.2 Å². The fraction of sp³-hybridized carbons (Fsp3) is 0.550. The quantitative estimate of drug-likeness (QED) is 0.776. The first-order valence-electron chi connectivity index (χ1n) is 9.22. The van der Waals surface area contributed by atoms with Gasteiger partial charge in [0.05, 0.1) is 0 Å². The molecule has 3 atom stereocenters. The van der Waals surface area contributed by atoms with E-state index in [2.05, 4.69) is 5.32 Å². The molecule has 1 aromatic rings. The molecule has 154 valence electrons. The van der Waals surface area contributed by atoms with Crippen LogP contribution in [0.3, 0.4) is 0 Å². The standard InChI is InChI=1S/C20H28N2O5S/c1-12(2)15(21-19(26)27-20(3,4)5)16(23)22-14(18(24)25)11-28-17(22)13-9-7-6-8-10-13/h6-10,12,14-15,17H,11H2,1-5H3,(H,21,26)(H,24,25)/t14-,15-,17?/m0/s1. The number of aliphatic carboxylic acids is 1. The Kier molecular flexibility index (Phi) is 6.98. The second kappa shape index (κ2) is 8.86. The molecule has 0 aromatic heterocycles. The Balaban J connectivity index is 2.30. The van der Waals surface area contributed by atoms with Crippen LogP contribution in [0.2, 0.25) is 0 Å². The number of nitrogens with zero attached hydrogens (tertiary/aromatic N) is 1. The minimum atomic E-state index is -1.06. The lowest BCUT2D eigenvalue weighted by atomic mass is 10.0. The van der Waals surface area contributed by atoms with Gasteiger partial charge < -0.3 is 20.1 Å². The van der Waals surface area contributed by atoms with Crippen molar-refractivity contribution in [3.8, 4) is 0 Å². The van der Waals surface area contributed by atoms with E-state index in [4.69, 9.17) is 4.74 Å². The van der Waals surface area contributed by atoms with E-state index in [0.29, 0.717) is 0 Å². The Hall–Kier alpha value is -2.22. The third-order valence-electron chi connectivity index (χ3n) is 4.23. The highest BCUT2D eigenvalue weighted by Gasteiger charge is 2.45. The highest BCUT2D eigenvalue weighted by Crippen LogP contribution is 2.42. The Bertz CT molecular complexity index is 717. The van der Waals surface area contributed by atoms with Crippen molar-refractivity contribution in [1.82, 2.24) is 10.2 Å². The van der Waals surface area contributed by atoms with Crippen LogP contribution in [0.4, 0.5) is 4.79 Å². The largest absolute Gasteiger partial charge is 0.480 e. The van der Waals surface area contributed by atoms with Crippen LogP contribution in [0.15, 0.2) is 30.3 Å². The normalized spacial score (nSPS) is 20.7. The second-order valence-electron chi connectivity index (χ2n) is 8.06. The van der Waals surface area contributed by atoms with E-state index in [1.54, 1.807) is 34.6 Å². The number of carbonyl (C=O) groups is 3. The van der Waals surface area contributed by atoms with Crippen LogP contribution in [0, 0.1) is 5.92 Å². The average Bonchev–Trinajstić information content (AvgIpc) is 3.03. The van der Waals surface area contributed by atoms with E-state index >= 15 is 0 Å². The van der Waals surface area contributed by atoms with Gasteiger partial charge in [0.25, 0.3) is 0 Å². The molecule has 0 saturated carbocycles. The van der Waals surface area contributed by atoms with Gasteiger partial charge in [-0.2, -0.15) is 0 Å². The van der Waals surface area contributed by atoms with Crippen LogP contribution in [-0.2, 0) is 14.3 Å². The topological polar surface area (TPSA) is 95.9 Å². The van der Waals surface area contributed by atoms with E-state index in [1.807, 2.05) is 30.3 Å². The minimum Gasteiger partial charge on any atom is -0.480 e. The first-order chi connectivity index (χ1) is 13.0. The molecule has 1 aromatic carbocycles. The summed E-state index contributed by atoms with van der Waals surface area (Å²) in [5.41, 5.74) is 0.151. The lowest BCUT2D eigenvalue weighted by Gasteiger charge is -2.33. The fourth-order valence-corrected chi connectivity index (χ4v) is 4.38. The maximum absolute atomic E-state index is 13.4. The number of nitrogens with one attached hydrogen (secondary N) is 1. The predicted molar refractivity (Wildman–Crippen MR) is 108 cm³/mol. The van der Waals surface area contributed by atoms with Crippen LogP contribution in [0.5, 0.6) is 0 Å². The van der Waals surface area contributed by atoms with Crippen molar-refractivity contribution in [2.24, 2.45) is 5.92 Å². The van der Waals surface area contributed by atoms with Crippen molar-refractivity contribution in [2.45, 2.75) is 57.7 Å². The summed E-state index contributed by atoms with van der Waals surface area (Å²) in [4.78, 5) is 38.8. The molecule has 1 unspecified atom stereocenters. The van der Waals surface area contributed by atoms with Crippen molar-refractivity contribution < 1.29 is 24.2 Å². The van der Waals surface area contributed by atoms with E-state index in [-0.39, 0.29) is 11.7 Å². The molecule has 2 rings (SSSR count). The lowest BCUT2D eigenvalue weighted by molar-refractivity contribution is -0.150. The molecule has 1 heterocycles. The highest BCUT2D eigenvalue weighted by molar-refractivity contribution is 7.99. The Labute approximate surface area is 169 Å². The molecule has 7 nitrogen and oxygen atoms in total. The first kappa shape index (κ1) is 22.1. The summed E-state index contributed by atoms with van der Waals surface area (Å²) in [5.74, 6) is -1.43. The zero-order valence-electron chi connectivity index (χ0n) is 16.8. The Morgan fingerprint density at radius 1 is 1.21 bits per heavy atom. The summed E-state index contributed by atoms with van der Waals surface area (Å²) >= 11 is 1.41. The fourth-order valence-electron chi connectivity index (χ4n) is 2.95. The van der Waals surface area contributed by atoms with Gasteiger partial charge in [0, 0.05) is 5.75 Å². The van der Waals surface area contributed by atoms with E-state index in [1.165, 1.54) is 16.7 Å². The van der Waals surface area contributed by atoms with Crippen molar-refractivity contribution in [1.29, 1.82) is 0 Å². The number of carboxylic acid groups (broad SMARTS) is 1. The van der Waals surface area contributed by atoms with E-state index in [0.717, 1.165) is 5.56 Å². The molecular weight excluding hydrogens is 380 g/mol. The molecular formula is C20H28N2O5S. The molecule has 0 spiro atoms. The Morgan fingerprint density at radius 3 is 2.32 bits per heavy atom. The average molecular weight is 409 g/mol. The van der Waals surface area contributed by atoms with Gasteiger partial charge in [-0.3, -0.25) is 4.79 Å². The number of benzene rings is 1. The van der Waals surface area contributed by atoms with E-state index < -0.39 is 41.0 Å². The number of carboxylic acids is 1. The monoisotopic (exact) mass is 408 g/mol. The van der Waals surface area contributed by atoms with Gasteiger partial charge in [-0.05, 0) is 32.3 Å². The zero-order valence-corrected chi connectivity index (χ0v) is 17.7. The number of carbonyl (C=O) groups excluding carboxylic acids is 2. The van der Waals surface area contributed by atoms with Crippen molar-refractivity contribution in [2.75, 3.05) is 5.75 Å². The first-order valence-corrected chi connectivity index (χ1v) is 10.3. The summed E-state index contributed by atoms with van der Waals surface area (Å²) in [7, 11) is 0. The van der Waals surface area contributed by atoms with Crippen molar-refractivity contribution >= 4 is 29.7 Å². The van der Waals surface area contributed by atoms with Gasteiger partial charge in [0.2, 0.25) is 5.91 Å². The molecule has 0 aliphatic carbocycles. The van der Waals surface area contributed by atoms with Crippen molar-refractivity contribution in [3.05, 3.63) is 35.9 Å². The number of thioether (sulfide) groups is 1. The molecule has 1 saturated heterocycles. The van der Waals surface area contributed by atoms with Gasteiger partial charge in [-0.25, -0.2) is 9.59 Å². The number of amides is 2. The number of hydrogen-bond donors (Lipinski definition) is 2. The number of ether oxygens (including phenoxy) is 1. The molecule has 2 N–H and O–H groups in total. The van der Waals surface area contributed by atoms with Crippen molar-refractivity contribution in [3.63, 3.8) is 0 Å². The van der Waals surface area contributed by atoms with Gasteiger partial charge >= 0.3 is 12.1 Å². The summed E-state index contributed by atoms with van der Waals surface area (Å²) in [6, 6.07) is 7.47. The van der Waals surface area contributed by atoms with Crippen LogP contribution in [0.25, 0.3) is 0 Å². The molecule has 2 amide bonds. The maximum atomic E-state index is 13.4. The van der Waals surface area contributed by atoms with Crippen LogP contribution in [0.1, 0.15) is 45.6 Å². The summed E-state index contributed by atoms with van der Waals surface area (Å²) in [6.45, 7) is 8.82. The van der Waals surface area contributed by atoms with Gasteiger partial charge in [-0.15, -0.1) is 11.8 Å². The maximum Gasteiger partial charge on any atom is 0.408 e. The molecule has 0 radical (unpaired) electrons. The van der Waals surface area contributed by atoms with Crippen LogP contribution in [-0.4, -0.2) is 51.4 Å². The summed E-state index contributed by atoms with van der Waals surface area (Å²) in [5, 5.41) is 11.8. The third-order valence-corrected chi connectivity index (χ3v) is 5.55. The molecule has 8 heteroatoms. The minimum absolute atomic E-state index is 0.239. The number of hydrogen-bond acceptors (Lipinski definition) is 5. The molecule has 28 heavy (non-hydrogen) atoms. The molecule has 1 fully saturated rings. The summed E-state index contributed by atoms with van der Waals surface area (Å²) in [6.07, 6.45) is -0.700. The Morgan fingerprint density at radius 2 is 1.82 bits per heavy atom. The van der Waals surface area contributed by atoms with E-state index in [9.17, 15) is 19.5 Å². The highest BCUT2D eigenvalue weighted by atomic mass is 32.2. The number of rotatable bonds is 5. The van der Waals surface area contributed by atoms with Gasteiger partial charge in [0.15, 0.2) is 0 Å². The lowest BCUT2D eigenvalue weighted by Crippen LogP contribution is -2.55. The van der Waals surface area contributed by atoms with Crippen LogP contribution < -0.4 is 5.32 Å². The number of alkyl carbamates (subject to hydrolysis) is 1. The molecule has 0 bridgehead atoms. The van der Waals surface area contributed by atoms with Gasteiger partial charge in [0.1, 0.15) is 23.1 Å². The zero-order chi connectivity index (χ0) is 21.1. The smallest absolute Gasteiger partial charge is 0.408 e. The molecule has 1 aliphatic rings. The second-order valence-corrected chi connectivity index (χ2v) is 9.18. The predicted octanol–water partition coefficient (Wildman–Crippen LogP) is 3.26. The van der Waals surface area contributed by atoms with Crippen LogP contribution >= 0.6 is 11.8 Å². The third kappa shape index (κ3) is 5.41.